The summed E-state index contributed by atoms with van der Waals surface area (Å²) in [5, 5.41) is 29.1. The predicted molar refractivity (Wildman–Crippen MR) is 79.5 cm³/mol. The fourth-order valence-electron chi connectivity index (χ4n) is 1.85. The molecule has 23 heavy (non-hydrogen) atoms. The third-order valence-corrected chi connectivity index (χ3v) is 2.96. The molecular formula is C16H10N2O5. The number of anilines is 1. The van der Waals surface area contributed by atoms with Crippen LogP contribution in [0.2, 0.25) is 0 Å². The van der Waals surface area contributed by atoms with Gasteiger partial charge in [-0.3, -0.25) is 4.79 Å². The van der Waals surface area contributed by atoms with Gasteiger partial charge in [0.1, 0.15) is 0 Å². The number of nitrogens with one attached hydrogen (secondary N) is 1. The first-order valence-corrected chi connectivity index (χ1v) is 6.34. The Morgan fingerprint density at radius 1 is 0.870 bits per heavy atom. The van der Waals surface area contributed by atoms with Gasteiger partial charge in [-0.05, 0) is 42.5 Å². The van der Waals surface area contributed by atoms with Crippen LogP contribution in [0.15, 0.2) is 42.5 Å². The van der Waals surface area contributed by atoms with Crippen molar-refractivity contribution in [3.63, 3.8) is 0 Å². The maximum Gasteiger partial charge on any atom is 0.335 e. The molecule has 0 heterocycles. The normalized spacial score (nSPS) is 9.70. The van der Waals surface area contributed by atoms with Crippen molar-refractivity contribution in [2.75, 3.05) is 5.32 Å². The Kier molecular flexibility index (Phi) is 4.38. The number of amides is 1. The molecule has 2 aromatic carbocycles. The summed E-state index contributed by atoms with van der Waals surface area (Å²) in [6, 6.07) is 11.1. The SMILES string of the molecule is N#Cc1ccc(C(=O)Nc2cc(C(=O)O)cc(C(=O)O)c2)cc1. The molecule has 0 aromatic heterocycles. The van der Waals surface area contributed by atoms with Gasteiger partial charge in [0.05, 0.1) is 22.8 Å². The lowest BCUT2D eigenvalue weighted by molar-refractivity contribution is 0.0696. The van der Waals surface area contributed by atoms with Crippen molar-refractivity contribution in [3.05, 3.63) is 64.7 Å². The largest absolute Gasteiger partial charge is 0.478 e. The van der Waals surface area contributed by atoms with E-state index in [2.05, 4.69) is 5.32 Å². The second-order valence-electron chi connectivity index (χ2n) is 4.55. The van der Waals surface area contributed by atoms with E-state index in [0.717, 1.165) is 18.2 Å². The molecule has 0 bridgehead atoms. The number of benzene rings is 2. The summed E-state index contributed by atoms with van der Waals surface area (Å²) in [6.07, 6.45) is 0. The molecule has 0 atom stereocenters. The number of carbonyl (C=O) groups is 3. The van der Waals surface area contributed by atoms with Crippen molar-refractivity contribution < 1.29 is 24.6 Å². The first-order chi connectivity index (χ1) is 10.9. The Bertz CT molecular complexity index is 802. The lowest BCUT2D eigenvalue weighted by Crippen LogP contribution is -2.13. The van der Waals surface area contributed by atoms with Crippen LogP contribution in [0.25, 0.3) is 0 Å². The third kappa shape index (κ3) is 3.71. The molecule has 3 N–H and O–H groups in total. The number of carbonyl (C=O) groups excluding carboxylic acids is 1. The maximum atomic E-state index is 12.1. The minimum Gasteiger partial charge on any atom is -0.478 e. The fourth-order valence-corrected chi connectivity index (χ4v) is 1.85. The molecule has 0 radical (unpaired) electrons. The van der Waals surface area contributed by atoms with Crippen molar-refractivity contribution in [1.29, 1.82) is 5.26 Å². The minimum absolute atomic E-state index is 0.0525. The Morgan fingerprint density at radius 3 is 1.83 bits per heavy atom. The molecule has 0 spiro atoms. The van der Waals surface area contributed by atoms with Gasteiger partial charge in [0.2, 0.25) is 0 Å². The van der Waals surface area contributed by atoms with Gasteiger partial charge in [0.15, 0.2) is 0 Å². The first kappa shape index (κ1) is 15.7. The van der Waals surface area contributed by atoms with Crippen LogP contribution in [0, 0.1) is 11.3 Å². The van der Waals surface area contributed by atoms with Crippen LogP contribution in [0.4, 0.5) is 5.69 Å². The number of nitrogens with zero attached hydrogens (tertiary/aromatic N) is 1. The number of hydrogen-bond donors (Lipinski definition) is 3. The first-order valence-electron chi connectivity index (χ1n) is 6.34. The highest BCUT2D eigenvalue weighted by molar-refractivity contribution is 6.05. The van der Waals surface area contributed by atoms with E-state index in [1.807, 2.05) is 6.07 Å². The van der Waals surface area contributed by atoms with Gasteiger partial charge in [0.25, 0.3) is 5.91 Å². The van der Waals surface area contributed by atoms with Crippen molar-refractivity contribution in [2.45, 2.75) is 0 Å². The van der Waals surface area contributed by atoms with Crippen molar-refractivity contribution in [3.8, 4) is 6.07 Å². The van der Waals surface area contributed by atoms with Gasteiger partial charge in [-0.25, -0.2) is 9.59 Å². The molecule has 7 heteroatoms. The molecule has 2 rings (SSSR count). The van der Waals surface area contributed by atoms with Crippen molar-refractivity contribution in [2.24, 2.45) is 0 Å². The molecule has 7 nitrogen and oxygen atoms in total. The lowest BCUT2D eigenvalue weighted by Gasteiger charge is -2.08. The number of carboxylic acids is 2. The molecule has 114 valence electrons. The van der Waals surface area contributed by atoms with Crippen molar-refractivity contribution >= 4 is 23.5 Å². The van der Waals surface area contributed by atoms with Gasteiger partial charge in [0, 0.05) is 11.3 Å². The maximum absolute atomic E-state index is 12.1. The van der Waals surface area contributed by atoms with Crippen LogP contribution in [-0.4, -0.2) is 28.1 Å². The Morgan fingerprint density at radius 2 is 1.39 bits per heavy atom. The third-order valence-electron chi connectivity index (χ3n) is 2.96. The summed E-state index contributed by atoms with van der Waals surface area (Å²) in [7, 11) is 0. The van der Waals surface area contributed by atoms with Gasteiger partial charge in [-0.1, -0.05) is 0 Å². The second-order valence-corrected chi connectivity index (χ2v) is 4.55. The van der Waals surface area contributed by atoms with E-state index < -0.39 is 17.8 Å². The van der Waals surface area contributed by atoms with Crippen LogP contribution in [-0.2, 0) is 0 Å². The summed E-state index contributed by atoms with van der Waals surface area (Å²) >= 11 is 0. The minimum atomic E-state index is -1.30. The van der Waals surface area contributed by atoms with Gasteiger partial charge in [-0.2, -0.15) is 5.26 Å². The zero-order valence-electron chi connectivity index (χ0n) is 11.6. The summed E-state index contributed by atoms with van der Waals surface area (Å²) in [4.78, 5) is 34.1. The molecule has 2 aromatic rings. The monoisotopic (exact) mass is 310 g/mol. The van der Waals surface area contributed by atoms with Crippen molar-refractivity contribution in [1.82, 2.24) is 0 Å². The molecule has 0 saturated carbocycles. The van der Waals surface area contributed by atoms with Crippen LogP contribution in [0.1, 0.15) is 36.6 Å². The number of rotatable bonds is 4. The van der Waals surface area contributed by atoms with Gasteiger partial charge < -0.3 is 15.5 Å². The number of nitriles is 1. The number of hydrogen-bond acceptors (Lipinski definition) is 4. The molecular weight excluding hydrogens is 300 g/mol. The van der Waals surface area contributed by atoms with Crippen LogP contribution >= 0.6 is 0 Å². The summed E-state index contributed by atoms with van der Waals surface area (Å²) in [5.74, 6) is -3.16. The fraction of sp³-hybridized carbons (Fsp3) is 0. The summed E-state index contributed by atoms with van der Waals surface area (Å²) in [6.45, 7) is 0. The Hall–Kier alpha value is -3.66. The average Bonchev–Trinajstić information content (AvgIpc) is 2.54. The molecule has 0 saturated heterocycles. The standard InChI is InChI=1S/C16H10N2O5/c17-8-9-1-3-10(4-2-9)14(19)18-13-6-11(15(20)21)5-12(7-13)16(22)23/h1-7H,(H,18,19)(H,20,21)(H,22,23). The van der Waals surface area contributed by atoms with E-state index >= 15 is 0 Å². The Labute approximate surface area is 130 Å². The molecule has 1 amide bonds. The molecule has 0 aliphatic rings. The zero-order chi connectivity index (χ0) is 17.0. The average molecular weight is 310 g/mol. The van der Waals surface area contributed by atoms with Crippen LogP contribution in [0.5, 0.6) is 0 Å². The summed E-state index contributed by atoms with van der Waals surface area (Å²) < 4.78 is 0. The second kappa shape index (κ2) is 6.41. The van der Waals surface area contributed by atoms with Gasteiger partial charge >= 0.3 is 11.9 Å². The highest BCUT2D eigenvalue weighted by Gasteiger charge is 2.13. The smallest absolute Gasteiger partial charge is 0.335 e. The van der Waals surface area contributed by atoms with Crippen LogP contribution < -0.4 is 5.32 Å². The lowest BCUT2D eigenvalue weighted by atomic mass is 10.1. The molecule has 0 aliphatic heterocycles. The van der Waals surface area contributed by atoms with E-state index in [-0.39, 0.29) is 22.4 Å². The van der Waals surface area contributed by atoms with E-state index in [1.54, 1.807) is 0 Å². The van der Waals surface area contributed by atoms with E-state index in [0.29, 0.717) is 5.56 Å². The highest BCUT2D eigenvalue weighted by Crippen LogP contribution is 2.17. The molecule has 0 unspecified atom stereocenters. The number of aromatic carboxylic acids is 2. The predicted octanol–water partition coefficient (Wildman–Crippen LogP) is 2.21. The van der Waals surface area contributed by atoms with E-state index in [9.17, 15) is 14.4 Å². The quantitative estimate of drug-likeness (QED) is 0.794. The Balaban J connectivity index is 2.31. The summed E-state index contributed by atoms with van der Waals surface area (Å²) in [5.41, 5.74) is 0.195. The van der Waals surface area contributed by atoms with Gasteiger partial charge in [-0.15, -0.1) is 0 Å². The highest BCUT2D eigenvalue weighted by atomic mass is 16.4. The molecule has 0 aliphatic carbocycles. The number of carboxylic acid groups (broad SMARTS) is 2. The van der Waals surface area contributed by atoms with E-state index in [1.165, 1.54) is 24.3 Å². The van der Waals surface area contributed by atoms with Crippen LogP contribution in [0.3, 0.4) is 0 Å². The molecule has 0 fully saturated rings. The topological polar surface area (TPSA) is 127 Å². The van der Waals surface area contributed by atoms with E-state index in [4.69, 9.17) is 15.5 Å². The zero-order valence-corrected chi connectivity index (χ0v) is 11.6.